The second-order valence-corrected chi connectivity index (χ2v) is 8.40. The predicted molar refractivity (Wildman–Crippen MR) is 120 cm³/mol. The van der Waals surface area contributed by atoms with Gasteiger partial charge in [-0.2, -0.15) is 0 Å². The lowest BCUT2D eigenvalue weighted by Gasteiger charge is -2.14. The zero-order valence-electron chi connectivity index (χ0n) is 17.5. The van der Waals surface area contributed by atoms with Crippen molar-refractivity contribution in [3.63, 3.8) is 0 Å². The van der Waals surface area contributed by atoms with E-state index in [2.05, 4.69) is 21.0 Å². The Labute approximate surface area is 178 Å². The molecular formula is C25H22FN3O2. The molecule has 1 aromatic carbocycles. The topological polar surface area (TPSA) is 81.8 Å². The molecule has 0 radical (unpaired) electrons. The van der Waals surface area contributed by atoms with Crippen molar-refractivity contribution in [3.8, 4) is 22.4 Å². The number of nitrogens with one attached hydrogen (secondary N) is 2. The first-order valence-electron chi connectivity index (χ1n) is 10.3. The van der Waals surface area contributed by atoms with E-state index in [0.29, 0.717) is 22.3 Å². The Morgan fingerprint density at radius 1 is 1.23 bits per heavy atom. The van der Waals surface area contributed by atoms with Gasteiger partial charge in [0.15, 0.2) is 0 Å². The number of carboxylic acid groups (broad SMARTS) is 1. The number of carbonyl (C=O) groups is 1. The van der Waals surface area contributed by atoms with Gasteiger partial charge in [-0.3, -0.25) is 4.98 Å². The lowest BCUT2D eigenvalue weighted by atomic mass is 9.88. The number of fused-ring (bicyclic) bond motifs is 2. The number of aromatic amines is 2. The number of halogens is 1. The smallest absolute Gasteiger partial charge is 0.352 e. The van der Waals surface area contributed by atoms with Gasteiger partial charge in [-0.25, -0.2) is 9.18 Å². The Kier molecular flexibility index (Phi) is 4.32. The summed E-state index contributed by atoms with van der Waals surface area (Å²) in [4.78, 5) is 23.0. The van der Waals surface area contributed by atoms with Gasteiger partial charge in [0.1, 0.15) is 11.5 Å². The van der Waals surface area contributed by atoms with Crippen molar-refractivity contribution in [2.75, 3.05) is 0 Å². The summed E-state index contributed by atoms with van der Waals surface area (Å²) in [5, 5.41) is 10.9. The molecule has 0 fully saturated rings. The van der Waals surface area contributed by atoms with Crippen molar-refractivity contribution in [1.29, 1.82) is 0 Å². The van der Waals surface area contributed by atoms with Gasteiger partial charge in [0.05, 0.1) is 11.4 Å². The van der Waals surface area contributed by atoms with Crippen LogP contribution in [0.4, 0.5) is 4.39 Å². The van der Waals surface area contributed by atoms with Crippen molar-refractivity contribution in [3.05, 3.63) is 70.6 Å². The molecule has 4 aromatic rings. The van der Waals surface area contributed by atoms with Gasteiger partial charge < -0.3 is 15.1 Å². The number of pyridine rings is 1. The minimum absolute atomic E-state index is 0.00176. The maximum Gasteiger partial charge on any atom is 0.352 e. The third kappa shape index (κ3) is 2.98. The van der Waals surface area contributed by atoms with Crippen LogP contribution in [-0.4, -0.2) is 26.0 Å². The molecular weight excluding hydrogens is 393 g/mol. The van der Waals surface area contributed by atoms with Crippen molar-refractivity contribution in [1.82, 2.24) is 15.0 Å². The number of H-pyrrole nitrogens is 2. The molecule has 5 rings (SSSR count). The summed E-state index contributed by atoms with van der Waals surface area (Å²) in [6.07, 6.45) is 6.32. The van der Waals surface area contributed by atoms with E-state index in [1.54, 1.807) is 12.4 Å². The van der Waals surface area contributed by atoms with Crippen LogP contribution in [-0.2, 0) is 6.42 Å². The van der Waals surface area contributed by atoms with Crippen LogP contribution in [0.15, 0.2) is 42.2 Å². The number of aromatic nitrogens is 3. The molecule has 156 valence electrons. The van der Waals surface area contributed by atoms with Gasteiger partial charge >= 0.3 is 5.97 Å². The van der Waals surface area contributed by atoms with Crippen molar-refractivity contribution in [2.24, 2.45) is 0 Å². The zero-order valence-corrected chi connectivity index (χ0v) is 17.5. The fourth-order valence-corrected chi connectivity index (χ4v) is 4.68. The molecule has 1 aliphatic rings. The molecule has 0 aliphatic heterocycles. The van der Waals surface area contributed by atoms with Gasteiger partial charge in [0, 0.05) is 46.4 Å². The van der Waals surface area contributed by atoms with E-state index < -0.39 is 5.97 Å². The average Bonchev–Trinajstić information content (AvgIpc) is 3.41. The summed E-state index contributed by atoms with van der Waals surface area (Å²) in [5.74, 6) is -1.42. The van der Waals surface area contributed by atoms with Gasteiger partial charge in [-0.15, -0.1) is 0 Å². The Hall–Kier alpha value is -3.67. The highest BCUT2D eigenvalue weighted by molar-refractivity contribution is 6.03. The van der Waals surface area contributed by atoms with Crippen molar-refractivity contribution < 1.29 is 14.3 Å². The van der Waals surface area contributed by atoms with Crippen LogP contribution in [0.2, 0.25) is 0 Å². The van der Waals surface area contributed by atoms with Gasteiger partial charge in [0.25, 0.3) is 0 Å². The third-order valence-corrected chi connectivity index (χ3v) is 5.91. The SMILES string of the molecule is CC1=Cc2c(-c3c(C(=O)O)[nH]c(-c4cc(F)cc5[nH]ccc45)c3C(C)C)ccnc2C1. The fraction of sp³-hybridized carbons (Fsp3) is 0.200. The Balaban J connectivity index is 1.88. The molecule has 0 saturated carbocycles. The van der Waals surface area contributed by atoms with E-state index in [4.69, 9.17) is 0 Å². The standard InChI is InChI=1S/C25H22FN3O2/c1-12(2)21-22(16-5-7-27-19-9-13(3)8-17(16)19)24(25(30)31)29-23(21)18-10-14(26)11-20-15(18)4-6-28-20/h4-8,10-12,28-29H,9H2,1-3H3,(H,30,31). The molecule has 0 amide bonds. The van der Waals surface area contributed by atoms with E-state index in [1.807, 2.05) is 32.9 Å². The Morgan fingerprint density at radius 2 is 2.03 bits per heavy atom. The second kappa shape index (κ2) is 6.94. The minimum atomic E-state index is -1.05. The lowest BCUT2D eigenvalue weighted by molar-refractivity contribution is 0.0692. The molecule has 3 N–H and O–H groups in total. The first kappa shape index (κ1) is 19.3. The predicted octanol–water partition coefficient (Wildman–Crippen LogP) is 6.15. The van der Waals surface area contributed by atoms with Crippen LogP contribution >= 0.6 is 0 Å². The number of carboxylic acids is 1. The van der Waals surface area contributed by atoms with Gasteiger partial charge in [-0.05, 0) is 48.2 Å². The number of allylic oxidation sites excluding steroid dienone is 1. The van der Waals surface area contributed by atoms with E-state index in [1.165, 1.54) is 17.7 Å². The van der Waals surface area contributed by atoms with Crippen LogP contribution in [0.5, 0.6) is 0 Å². The largest absolute Gasteiger partial charge is 0.477 e. The number of hydrogen-bond acceptors (Lipinski definition) is 2. The van der Waals surface area contributed by atoms with E-state index in [0.717, 1.165) is 34.2 Å². The normalized spacial score (nSPS) is 13.1. The van der Waals surface area contributed by atoms with E-state index in [-0.39, 0.29) is 17.4 Å². The molecule has 0 atom stereocenters. The molecule has 3 aromatic heterocycles. The highest BCUT2D eigenvalue weighted by Gasteiger charge is 2.29. The minimum Gasteiger partial charge on any atom is -0.477 e. The maximum atomic E-state index is 14.4. The first-order chi connectivity index (χ1) is 14.8. The fourth-order valence-electron chi connectivity index (χ4n) is 4.68. The molecule has 0 unspecified atom stereocenters. The molecule has 0 saturated heterocycles. The third-order valence-electron chi connectivity index (χ3n) is 5.91. The summed E-state index contributed by atoms with van der Waals surface area (Å²) in [6.45, 7) is 6.10. The average molecular weight is 415 g/mol. The number of aromatic carboxylic acids is 1. The molecule has 5 nitrogen and oxygen atoms in total. The molecule has 3 heterocycles. The van der Waals surface area contributed by atoms with Gasteiger partial charge in [0.2, 0.25) is 0 Å². The maximum absolute atomic E-state index is 14.4. The van der Waals surface area contributed by atoms with Crippen molar-refractivity contribution >= 4 is 22.9 Å². The highest BCUT2D eigenvalue weighted by atomic mass is 19.1. The van der Waals surface area contributed by atoms with Crippen LogP contribution in [0.1, 0.15) is 54.0 Å². The van der Waals surface area contributed by atoms with Crippen LogP contribution in [0.3, 0.4) is 0 Å². The number of rotatable bonds is 4. The zero-order chi connectivity index (χ0) is 21.9. The molecule has 1 aliphatic carbocycles. The lowest BCUT2D eigenvalue weighted by Crippen LogP contribution is -2.02. The quantitative estimate of drug-likeness (QED) is 0.374. The summed E-state index contributed by atoms with van der Waals surface area (Å²) in [5.41, 5.74) is 7.50. The highest BCUT2D eigenvalue weighted by Crippen LogP contribution is 2.44. The van der Waals surface area contributed by atoms with E-state index in [9.17, 15) is 14.3 Å². The Morgan fingerprint density at radius 3 is 2.77 bits per heavy atom. The summed E-state index contributed by atoms with van der Waals surface area (Å²) >= 11 is 0. The van der Waals surface area contributed by atoms with Crippen LogP contribution < -0.4 is 0 Å². The van der Waals surface area contributed by atoms with E-state index >= 15 is 0 Å². The second-order valence-electron chi connectivity index (χ2n) is 8.40. The summed E-state index contributed by atoms with van der Waals surface area (Å²) < 4.78 is 14.4. The van der Waals surface area contributed by atoms with Crippen LogP contribution in [0, 0.1) is 5.82 Å². The first-order valence-corrected chi connectivity index (χ1v) is 10.3. The number of hydrogen-bond donors (Lipinski definition) is 3. The van der Waals surface area contributed by atoms with Crippen molar-refractivity contribution in [2.45, 2.75) is 33.1 Å². The summed E-state index contributed by atoms with van der Waals surface area (Å²) in [7, 11) is 0. The molecule has 6 heteroatoms. The molecule has 0 spiro atoms. The Bertz CT molecular complexity index is 1390. The van der Waals surface area contributed by atoms with Gasteiger partial charge in [-0.1, -0.05) is 25.5 Å². The number of benzene rings is 1. The molecule has 31 heavy (non-hydrogen) atoms. The van der Waals surface area contributed by atoms with Crippen LogP contribution in [0.25, 0.3) is 39.4 Å². The monoisotopic (exact) mass is 415 g/mol. The number of nitrogens with zero attached hydrogens (tertiary/aromatic N) is 1. The molecule has 0 bridgehead atoms. The summed E-state index contributed by atoms with van der Waals surface area (Å²) in [6, 6.07) is 6.66.